The van der Waals surface area contributed by atoms with Gasteiger partial charge in [-0.15, -0.1) is 22.7 Å². The molecule has 0 N–H and O–H groups in total. The molecule has 4 aromatic heterocycles. The summed E-state index contributed by atoms with van der Waals surface area (Å²) in [7, 11) is 1.65. The van der Waals surface area contributed by atoms with Crippen LogP contribution in [0.1, 0.15) is 34.0 Å². The number of benzene rings is 1. The molecule has 5 aromatic rings. The van der Waals surface area contributed by atoms with Crippen LogP contribution in [-0.4, -0.2) is 42.7 Å². The molecule has 10 heteroatoms. The van der Waals surface area contributed by atoms with Gasteiger partial charge in [0.25, 0.3) is 0 Å². The van der Waals surface area contributed by atoms with E-state index in [1.165, 1.54) is 26.2 Å². The number of hydrogen-bond acceptors (Lipinski definition) is 8. The molecule has 8 nitrogen and oxygen atoms in total. The van der Waals surface area contributed by atoms with Crippen LogP contribution in [0.25, 0.3) is 15.9 Å². The fourth-order valence-electron chi connectivity index (χ4n) is 4.48. The zero-order valence-electron chi connectivity index (χ0n) is 18.3. The minimum Gasteiger partial charge on any atom is -0.497 e. The van der Waals surface area contributed by atoms with E-state index in [0.29, 0.717) is 12.2 Å². The Bertz CT molecular complexity index is 1530. The summed E-state index contributed by atoms with van der Waals surface area (Å²) in [5.41, 5.74) is 5.85. The van der Waals surface area contributed by atoms with Crippen LogP contribution in [-0.2, 0) is 26.1 Å². The minimum atomic E-state index is -0.165. The average Bonchev–Trinajstić information content (AvgIpc) is 3.55. The second kappa shape index (κ2) is 8.94. The van der Waals surface area contributed by atoms with Gasteiger partial charge in [-0.1, -0.05) is 19.6 Å². The maximum absolute atomic E-state index is 13.3. The van der Waals surface area contributed by atoms with E-state index < -0.39 is 0 Å². The van der Waals surface area contributed by atoms with Gasteiger partial charge in [-0.2, -0.15) is 9.61 Å². The Morgan fingerprint density at radius 2 is 1.97 bits per heavy atom. The Morgan fingerprint density at radius 1 is 1.15 bits per heavy atom. The number of aromatic nitrogens is 5. The number of ether oxygens (including phenoxy) is 1. The van der Waals surface area contributed by atoms with Gasteiger partial charge in [-0.25, -0.2) is 14.8 Å². The molecule has 0 unspecified atom stereocenters. The third kappa shape index (κ3) is 3.71. The van der Waals surface area contributed by atoms with E-state index in [9.17, 15) is 4.79 Å². The lowest BCUT2D eigenvalue weighted by Gasteiger charge is -2.26. The summed E-state index contributed by atoms with van der Waals surface area (Å²) in [6.45, 7) is 5.28. The average molecular weight is 495 g/mol. The number of hydrogen-bond donors (Lipinski definition) is 0. The highest BCUT2D eigenvalue weighted by atomic mass is 32.1. The van der Waals surface area contributed by atoms with Gasteiger partial charge in [0.15, 0.2) is 5.65 Å². The van der Waals surface area contributed by atoms with Crippen LogP contribution in [0.2, 0.25) is 0 Å². The lowest BCUT2D eigenvalue weighted by atomic mass is 10.0. The van der Waals surface area contributed by atoms with Crippen molar-refractivity contribution >= 4 is 38.5 Å². The molecule has 0 fully saturated rings. The molecular formula is C24H26N6O2S2. The summed E-state index contributed by atoms with van der Waals surface area (Å²) in [6.07, 6.45) is 2.40. The fraction of sp³-hybridized carbons (Fsp3) is 0.333. The monoisotopic (exact) mass is 494 g/mol. The molecule has 0 atom stereocenters. The summed E-state index contributed by atoms with van der Waals surface area (Å²) in [5.74, 6) is 0.797. The van der Waals surface area contributed by atoms with E-state index in [1.54, 1.807) is 29.8 Å². The summed E-state index contributed by atoms with van der Waals surface area (Å²) in [5, 5.41) is 5.31. The predicted molar refractivity (Wildman–Crippen MR) is 136 cm³/mol. The van der Waals surface area contributed by atoms with Crippen LogP contribution in [0.5, 0.6) is 5.75 Å². The molecule has 176 valence electrons. The first-order valence-corrected chi connectivity index (χ1v) is 12.4. The normalized spacial score (nSPS) is 13.8. The minimum absolute atomic E-state index is 0. The standard InChI is InChI=1S/C23H22N6O2S2.CH4/c1-14-18(32-13-25-14)10-27-8-7-17-19(11-27)33-22-20(17)21-24-12-26-29(21)23(30)28(22)9-15-3-5-16(31-2)6-4-15;/h3-6,12-13H,7-11H2,1-2H3;1H4. The molecule has 0 radical (unpaired) electrons. The zero-order chi connectivity index (χ0) is 22.5. The molecule has 0 bridgehead atoms. The summed E-state index contributed by atoms with van der Waals surface area (Å²) in [6, 6.07) is 7.83. The fourth-order valence-corrected chi connectivity index (χ4v) is 6.68. The van der Waals surface area contributed by atoms with Crippen LogP contribution < -0.4 is 10.4 Å². The summed E-state index contributed by atoms with van der Waals surface area (Å²) >= 11 is 3.42. The van der Waals surface area contributed by atoms with Crippen molar-refractivity contribution in [3.05, 3.63) is 73.2 Å². The summed E-state index contributed by atoms with van der Waals surface area (Å²) < 4.78 is 8.54. The van der Waals surface area contributed by atoms with Crippen LogP contribution in [0.3, 0.4) is 0 Å². The first-order chi connectivity index (χ1) is 16.1. The molecule has 5 heterocycles. The first kappa shape index (κ1) is 22.7. The van der Waals surface area contributed by atoms with E-state index in [4.69, 9.17) is 4.74 Å². The summed E-state index contributed by atoms with van der Waals surface area (Å²) in [4.78, 5) is 28.2. The van der Waals surface area contributed by atoms with Crippen LogP contribution in [0.15, 0.2) is 40.9 Å². The van der Waals surface area contributed by atoms with Gasteiger partial charge in [0, 0.05) is 29.4 Å². The number of aryl methyl sites for hydroxylation is 1. The molecule has 1 aliphatic rings. The van der Waals surface area contributed by atoms with Crippen molar-refractivity contribution in [1.29, 1.82) is 0 Å². The van der Waals surface area contributed by atoms with Crippen molar-refractivity contribution in [3.8, 4) is 5.75 Å². The van der Waals surface area contributed by atoms with Crippen molar-refractivity contribution < 1.29 is 4.74 Å². The molecule has 34 heavy (non-hydrogen) atoms. The Balaban J connectivity index is 0.00000241. The van der Waals surface area contributed by atoms with E-state index in [0.717, 1.165) is 53.3 Å². The van der Waals surface area contributed by atoms with Gasteiger partial charge in [-0.3, -0.25) is 9.47 Å². The molecule has 1 aliphatic heterocycles. The number of thiophene rings is 1. The van der Waals surface area contributed by atoms with Gasteiger partial charge < -0.3 is 4.74 Å². The van der Waals surface area contributed by atoms with Crippen molar-refractivity contribution in [3.63, 3.8) is 0 Å². The number of nitrogens with zero attached hydrogens (tertiary/aromatic N) is 6. The second-order valence-electron chi connectivity index (χ2n) is 8.22. The van der Waals surface area contributed by atoms with Gasteiger partial charge in [0.2, 0.25) is 0 Å². The number of rotatable bonds is 5. The van der Waals surface area contributed by atoms with Crippen molar-refractivity contribution in [2.45, 2.75) is 40.4 Å². The molecule has 1 aromatic carbocycles. The topological polar surface area (TPSA) is 77.5 Å². The van der Waals surface area contributed by atoms with Gasteiger partial charge in [0.05, 0.1) is 30.2 Å². The quantitative estimate of drug-likeness (QED) is 0.366. The third-order valence-electron chi connectivity index (χ3n) is 6.26. The molecule has 0 saturated heterocycles. The largest absolute Gasteiger partial charge is 0.497 e. The Kier molecular flexibility index (Phi) is 5.97. The predicted octanol–water partition coefficient (Wildman–Crippen LogP) is 4.12. The lowest BCUT2D eigenvalue weighted by molar-refractivity contribution is 0.251. The maximum Gasteiger partial charge on any atom is 0.352 e. The van der Waals surface area contributed by atoms with Crippen molar-refractivity contribution in [1.82, 2.24) is 29.0 Å². The highest BCUT2D eigenvalue weighted by molar-refractivity contribution is 7.19. The molecule has 0 saturated carbocycles. The Labute approximate surface area is 205 Å². The highest BCUT2D eigenvalue weighted by Crippen LogP contribution is 2.37. The number of methoxy groups -OCH3 is 1. The SMILES string of the molecule is C.COc1ccc(Cn2c(=O)n3ncnc3c3c4c(sc32)CN(Cc2scnc2C)CC4)cc1. The molecular weight excluding hydrogens is 468 g/mol. The van der Waals surface area contributed by atoms with Gasteiger partial charge >= 0.3 is 5.69 Å². The first-order valence-electron chi connectivity index (χ1n) is 10.7. The highest BCUT2D eigenvalue weighted by Gasteiger charge is 2.26. The molecule has 0 aliphatic carbocycles. The van der Waals surface area contributed by atoms with Gasteiger partial charge in [0.1, 0.15) is 16.9 Å². The van der Waals surface area contributed by atoms with E-state index in [-0.39, 0.29) is 13.1 Å². The van der Waals surface area contributed by atoms with E-state index in [2.05, 4.69) is 26.9 Å². The van der Waals surface area contributed by atoms with Crippen LogP contribution >= 0.6 is 22.7 Å². The lowest BCUT2D eigenvalue weighted by Crippen LogP contribution is -2.29. The van der Waals surface area contributed by atoms with E-state index in [1.807, 2.05) is 34.3 Å². The van der Waals surface area contributed by atoms with Crippen molar-refractivity contribution in [2.75, 3.05) is 13.7 Å². The number of thiazole rings is 1. The maximum atomic E-state index is 13.3. The zero-order valence-corrected chi connectivity index (χ0v) is 19.9. The Morgan fingerprint density at radius 3 is 2.71 bits per heavy atom. The van der Waals surface area contributed by atoms with E-state index >= 15 is 0 Å². The van der Waals surface area contributed by atoms with Crippen molar-refractivity contribution in [2.24, 2.45) is 0 Å². The molecule has 0 spiro atoms. The van der Waals surface area contributed by atoms with Crippen LogP contribution in [0.4, 0.5) is 0 Å². The van der Waals surface area contributed by atoms with Gasteiger partial charge in [-0.05, 0) is 36.6 Å². The second-order valence-corrected chi connectivity index (χ2v) is 10.2. The third-order valence-corrected chi connectivity index (χ3v) is 8.42. The Hall–Kier alpha value is -3.08. The smallest absolute Gasteiger partial charge is 0.352 e. The molecule has 0 amide bonds. The van der Waals surface area contributed by atoms with Crippen LogP contribution in [0, 0.1) is 6.92 Å². The number of fused-ring (bicyclic) bond motifs is 5. The molecule has 6 rings (SSSR count).